The normalized spacial score (nSPS) is 21.5. The van der Waals surface area contributed by atoms with Gasteiger partial charge in [0, 0.05) is 77.6 Å². The van der Waals surface area contributed by atoms with E-state index >= 15 is 0 Å². The van der Waals surface area contributed by atoms with E-state index in [2.05, 4.69) is 35.4 Å². The molecule has 13 heteroatoms. The number of hydrogen-bond donors (Lipinski definition) is 3. The van der Waals surface area contributed by atoms with Crippen molar-refractivity contribution in [2.45, 2.75) is 45.1 Å². The zero-order valence-electron chi connectivity index (χ0n) is 28.4. The third-order valence-corrected chi connectivity index (χ3v) is 9.90. The Morgan fingerprint density at radius 1 is 1.04 bits per heavy atom. The molecule has 1 amide bonds. The molecule has 3 aromatic rings. The number of phenolic OH excluding ortho intramolecular Hbond substituents is 1. The third kappa shape index (κ3) is 8.01. The molecule has 0 bridgehead atoms. The lowest BCUT2D eigenvalue weighted by atomic mass is 9.92. The largest absolute Gasteiger partial charge is 0.507 e. The number of aliphatic hydroxyl groups excluding tert-OH is 1. The van der Waals surface area contributed by atoms with Gasteiger partial charge in [0.15, 0.2) is 11.6 Å². The van der Waals surface area contributed by atoms with Crippen molar-refractivity contribution in [3.05, 3.63) is 42.2 Å². The summed E-state index contributed by atoms with van der Waals surface area (Å²) in [6.45, 7) is 13.2. The number of benzene rings is 1. The lowest BCUT2D eigenvalue weighted by molar-refractivity contribution is -0.133. The predicted molar refractivity (Wildman–Crippen MR) is 183 cm³/mol. The van der Waals surface area contributed by atoms with Gasteiger partial charge in [0.05, 0.1) is 17.5 Å². The Bertz CT molecular complexity index is 1510. The predicted octanol–water partition coefficient (Wildman–Crippen LogP) is 3.12. The fourth-order valence-corrected chi connectivity index (χ4v) is 7.30. The topological polar surface area (TPSA) is 144 Å². The number of nitrogens with one attached hydrogen (secondary N) is 1. The van der Waals surface area contributed by atoms with Crippen molar-refractivity contribution in [1.29, 1.82) is 0 Å². The van der Waals surface area contributed by atoms with Crippen LogP contribution in [0.25, 0.3) is 11.3 Å². The maximum Gasteiger partial charge on any atom is 0.254 e. The van der Waals surface area contributed by atoms with Gasteiger partial charge in [-0.1, -0.05) is 26.0 Å². The van der Waals surface area contributed by atoms with Crippen molar-refractivity contribution in [3.8, 4) is 22.9 Å². The van der Waals surface area contributed by atoms with Crippen LogP contribution in [0, 0.1) is 11.8 Å². The fourth-order valence-electron chi connectivity index (χ4n) is 7.30. The van der Waals surface area contributed by atoms with Gasteiger partial charge in [0.1, 0.15) is 18.3 Å². The van der Waals surface area contributed by atoms with Gasteiger partial charge in [0.25, 0.3) is 5.88 Å². The molecule has 6 rings (SSSR count). The summed E-state index contributed by atoms with van der Waals surface area (Å²) in [5.74, 6) is 2.03. The first-order chi connectivity index (χ1) is 23.3. The van der Waals surface area contributed by atoms with E-state index in [1.165, 1.54) is 12.8 Å². The zero-order chi connectivity index (χ0) is 33.6. The van der Waals surface area contributed by atoms with Crippen LogP contribution >= 0.6 is 0 Å². The van der Waals surface area contributed by atoms with Gasteiger partial charge in [-0.3, -0.25) is 14.6 Å². The average molecular weight is 663 g/mol. The molecular weight excluding hydrogens is 612 g/mol. The number of aliphatic hydroxyl groups is 1. The highest BCUT2D eigenvalue weighted by atomic mass is 16.5. The number of likely N-dealkylation sites (tertiary alicyclic amines) is 2. The quantitative estimate of drug-likeness (QED) is 0.262. The number of para-hydroxylation sites is 1. The summed E-state index contributed by atoms with van der Waals surface area (Å²) in [7, 11) is 1.86. The minimum atomic E-state index is -0.455. The number of nitrogens with zero attached hydrogens (tertiary/aromatic N) is 7. The zero-order valence-corrected chi connectivity index (χ0v) is 28.4. The van der Waals surface area contributed by atoms with Crippen LogP contribution in [0.2, 0.25) is 0 Å². The number of carbonyl (C=O) groups is 1. The van der Waals surface area contributed by atoms with E-state index in [1.54, 1.807) is 23.1 Å². The van der Waals surface area contributed by atoms with Crippen LogP contribution in [-0.2, 0) is 4.79 Å². The van der Waals surface area contributed by atoms with Crippen molar-refractivity contribution in [2.24, 2.45) is 11.8 Å². The van der Waals surface area contributed by atoms with Gasteiger partial charge in [-0.2, -0.15) is 0 Å². The van der Waals surface area contributed by atoms with E-state index in [0.717, 1.165) is 63.9 Å². The first-order valence-electron chi connectivity index (χ1n) is 17.4. The molecule has 5 heterocycles. The number of aromatic hydroxyl groups is 1. The van der Waals surface area contributed by atoms with Gasteiger partial charge < -0.3 is 34.6 Å². The van der Waals surface area contributed by atoms with Crippen LogP contribution in [0.4, 0.5) is 11.5 Å². The summed E-state index contributed by atoms with van der Waals surface area (Å²) in [6.07, 6.45) is 2.56. The van der Waals surface area contributed by atoms with Crippen LogP contribution < -0.4 is 15.0 Å². The van der Waals surface area contributed by atoms with E-state index in [9.17, 15) is 15.0 Å². The lowest BCUT2D eigenvalue weighted by Crippen LogP contribution is -2.50. The molecule has 13 nitrogen and oxygen atoms in total. The Morgan fingerprint density at radius 3 is 2.58 bits per heavy atom. The molecule has 3 fully saturated rings. The van der Waals surface area contributed by atoms with Gasteiger partial charge in [-0.05, 0) is 61.0 Å². The minimum Gasteiger partial charge on any atom is -0.507 e. The minimum absolute atomic E-state index is 0.0274. The maximum atomic E-state index is 13.2. The number of hydrogen-bond acceptors (Lipinski definition) is 12. The molecule has 3 atom stereocenters. The molecule has 3 aliphatic heterocycles. The lowest BCUT2D eigenvalue weighted by Gasteiger charge is -2.40. The Balaban J connectivity index is 0.961. The number of amides is 1. The number of phenols is 1. The van der Waals surface area contributed by atoms with Gasteiger partial charge >= 0.3 is 0 Å². The van der Waals surface area contributed by atoms with Crippen molar-refractivity contribution in [1.82, 2.24) is 30.1 Å². The Morgan fingerprint density at radius 2 is 1.85 bits per heavy atom. The van der Waals surface area contributed by atoms with Crippen molar-refractivity contribution in [3.63, 3.8) is 0 Å². The van der Waals surface area contributed by atoms with Gasteiger partial charge in [0.2, 0.25) is 5.91 Å². The van der Waals surface area contributed by atoms with Crippen LogP contribution in [0.15, 0.2) is 40.9 Å². The number of rotatable bonds is 12. The molecule has 2 aromatic heterocycles. The molecular formula is C35H50N8O5. The summed E-state index contributed by atoms with van der Waals surface area (Å²) in [4.78, 5) is 22.3. The summed E-state index contributed by atoms with van der Waals surface area (Å²) in [5, 5.41) is 36.3. The molecule has 0 saturated carbocycles. The second-order valence-electron chi connectivity index (χ2n) is 13.7. The average Bonchev–Trinajstić information content (AvgIpc) is 3.74. The molecule has 48 heavy (non-hydrogen) atoms. The number of aromatic nitrogens is 3. The molecule has 3 saturated heterocycles. The maximum absolute atomic E-state index is 13.2. The van der Waals surface area contributed by atoms with E-state index in [4.69, 9.17) is 9.26 Å². The van der Waals surface area contributed by atoms with Crippen LogP contribution in [-0.4, -0.2) is 131 Å². The molecule has 0 radical (unpaired) electrons. The van der Waals surface area contributed by atoms with Crippen LogP contribution in [0.5, 0.6) is 11.6 Å². The standard InChI is InChI=1S/C35H50N8O5/c1-24(2)33(35(46)43-12-10-26(44)23-43)31-20-32(39-48-31)47-18-17-40-11-6-7-25(21-40)22-41-13-15-42(16-14-41)29-19-28(37-38-34(29)36-3)27-8-4-5-9-30(27)45/h4-5,8-9,19-20,24-26,33,44-45H,6-7,10-18,21-23H2,1-3H3,(H,36,38)/t25?,26-,33-/m1/s1. The van der Waals surface area contributed by atoms with Crippen molar-refractivity contribution >= 4 is 17.4 Å². The third-order valence-electron chi connectivity index (χ3n) is 9.90. The Hall–Kier alpha value is -3.94. The summed E-state index contributed by atoms with van der Waals surface area (Å²) < 4.78 is 11.6. The highest BCUT2D eigenvalue weighted by molar-refractivity contribution is 5.83. The van der Waals surface area contributed by atoms with Crippen molar-refractivity contribution < 1.29 is 24.3 Å². The van der Waals surface area contributed by atoms with E-state index in [0.29, 0.717) is 54.9 Å². The van der Waals surface area contributed by atoms with E-state index in [1.807, 2.05) is 39.1 Å². The number of piperazine rings is 1. The first kappa shape index (κ1) is 33.9. The smallest absolute Gasteiger partial charge is 0.254 e. The molecule has 1 unspecified atom stereocenters. The highest BCUT2D eigenvalue weighted by Crippen LogP contribution is 2.33. The highest BCUT2D eigenvalue weighted by Gasteiger charge is 2.35. The SMILES string of the molecule is CNc1nnc(-c2ccccc2O)cc1N1CCN(CC2CCCN(CCOc3cc([C@H](C(=O)N4CC[C@@H](O)C4)C(C)C)on3)C2)CC1. The molecule has 3 N–H and O–H groups in total. The molecule has 0 spiro atoms. The second-order valence-corrected chi connectivity index (χ2v) is 13.7. The van der Waals surface area contributed by atoms with Gasteiger partial charge in [-0.15, -0.1) is 10.2 Å². The molecule has 260 valence electrons. The molecule has 3 aliphatic rings. The van der Waals surface area contributed by atoms with E-state index < -0.39 is 12.0 Å². The second kappa shape index (κ2) is 15.5. The molecule has 0 aliphatic carbocycles. The molecule has 1 aromatic carbocycles. The Kier molecular flexibility index (Phi) is 11.0. The summed E-state index contributed by atoms with van der Waals surface area (Å²) >= 11 is 0. The van der Waals surface area contributed by atoms with Gasteiger partial charge in [-0.25, -0.2) is 0 Å². The Labute approximate surface area is 282 Å². The fraction of sp³-hybridized carbons (Fsp3) is 0.600. The van der Waals surface area contributed by atoms with Crippen LogP contribution in [0.3, 0.4) is 0 Å². The number of β-amino-alcohol motifs (C(OH)–C–C–N with tert-alkyl or cyclic N) is 1. The number of anilines is 2. The summed E-state index contributed by atoms with van der Waals surface area (Å²) in [5.41, 5.74) is 2.34. The monoisotopic (exact) mass is 662 g/mol. The number of ether oxygens (including phenoxy) is 1. The first-order valence-corrected chi connectivity index (χ1v) is 17.4. The van der Waals surface area contributed by atoms with E-state index in [-0.39, 0.29) is 17.6 Å². The van der Waals surface area contributed by atoms with Crippen molar-refractivity contribution in [2.75, 3.05) is 89.3 Å². The van der Waals surface area contributed by atoms with Crippen LogP contribution in [0.1, 0.15) is 44.8 Å². The number of carbonyl (C=O) groups excluding carboxylic acids is 1. The summed E-state index contributed by atoms with van der Waals surface area (Å²) in [6, 6.07) is 11.0. The number of piperidine rings is 1.